The molecule has 0 spiro atoms. The highest BCUT2D eigenvalue weighted by atomic mass is 16.4. The second kappa shape index (κ2) is 8.49. The lowest BCUT2D eigenvalue weighted by molar-refractivity contribution is -0.142. The lowest BCUT2D eigenvalue weighted by Gasteiger charge is -2.34. The van der Waals surface area contributed by atoms with Crippen molar-refractivity contribution in [3.63, 3.8) is 0 Å². The molecule has 2 amide bonds. The maximum atomic E-state index is 12.6. The van der Waals surface area contributed by atoms with Gasteiger partial charge in [0.05, 0.1) is 6.42 Å². The third kappa shape index (κ3) is 8.89. The summed E-state index contributed by atoms with van der Waals surface area (Å²) in [5.74, 6) is -2.11. The molecule has 0 aromatic rings. The Kier molecular flexibility index (Phi) is 7.93. The number of nitrogens with one attached hydrogen (secondary N) is 2. The van der Waals surface area contributed by atoms with E-state index >= 15 is 0 Å². The number of carbonyl (C=O) groups is 3. The van der Waals surface area contributed by atoms with Crippen LogP contribution in [0.2, 0.25) is 0 Å². The first-order chi connectivity index (χ1) is 10.6. The molecule has 0 aliphatic rings. The van der Waals surface area contributed by atoms with Crippen molar-refractivity contribution in [2.75, 3.05) is 0 Å². The highest BCUT2D eigenvalue weighted by Gasteiger charge is 2.36. The van der Waals surface area contributed by atoms with Gasteiger partial charge < -0.3 is 15.7 Å². The molecule has 24 heavy (non-hydrogen) atoms. The van der Waals surface area contributed by atoms with Crippen molar-refractivity contribution in [1.82, 2.24) is 10.6 Å². The van der Waals surface area contributed by atoms with Gasteiger partial charge in [-0.05, 0) is 38.5 Å². The van der Waals surface area contributed by atoms with Crippen LogP contribution in [0.3, 0.4) is 0 Å². The van der Waals surface area contributed by atoms with Gasteiger partial charge in [0, 0.05) is 11.5 Å². The summed E-state index contributed by atoms with van der Waals surface area (Å²) in [5.41, 5.74) is -0.902. The number of hydrogen-bond donors (Lipinski definition) is 3. The molecule has 6 heteroatoms. The van der Waals surface area contributed by atoms with E-state index in [1.165, 1.54) is 0 Å². The van der Waals surface area contributed by atoms with E-state index in [2.05, 4.69) is 10.6 Å². The van der Waals surface area contributed by atoms with Gasteiger partial charge in [-0.15, -0.1) is 0 Å². The molecule has 0 radical (unpaired) electrons. The smallest absolute Gasteiger partial charge is 0.304 e. The van der Waals surface area contributed by atoms with Crippen LogP contribution in [0.5, 0.6) is 0 Å². The number of aliphatic carboxylic acids is 1. The first kappa shape index (κ1) is 22.4. The van der Waals surface area contributed by atoms with Crippen LogP contribution in [0.15, 0.2) is 0 Å². The standard InChI is InChI=1S/C18H34N2O4/c1-11(2)9-12(10-13(21)22)15(23)19-14(17(3,4)5)16(24)20-18(6,7)8/h11-12,14H,9-10H2,1-8H3,(H,19,23)(H,20,24)(H,21,22)/t12-,14?/m1/s1. The Morgan fingerprint density at radius 2 is 1.46 bits per heavy atom. The van der Waals surface area contributed by atoms with Crippen LogP contribution >= 0.6 is 0 Å². The Balaban J connectivity index is 5.27. The summed E-state index contributed by atoms with van der Waals surface area (Å²) in [6.07, 6.45) is 0.234. The normalized spacial score (nSPS) is 14.9. The van der Waals surface area contributed by atoms with Crippen LogP contribution in [0.4, 0.5) is 0 Å². The van der Waals surface area contributed by atoms with E-state index < -0.39 is 28.9 Å². The Hall–Kier alpha value is -1.59. The zero-order chi connectivity index (χ0) is 19.3. The van der Waals surface area contributed by atoms with Crippen molar-refractivity contribution in [3.05, 3.63) is 0 Å². The molecule has 3 N–H and O–H groups in total. The molecule has 140 valence electrons. The van der Waals surface area contributed by atoms with E-state index in [-0.39, 0.29) is 24.2 Å². The molecular weight excluding hydrogens is 308 g/mol. The van der Waals surface area contributed by atoms with E-state index in [0.717, 1.165) is 0 Å². The van der Waals surface area contributed by atoms with Crippen LogP contribution in [0.1, 0.15) is 68.2 Å². The number of hydrogen-bond acceptors (Lipinski definition) is 3. The Bertz CT molecular complexity index is 459. The predicted molar refractivity (Wildman–Crippen MR) is 94.5 cm³/mol. The maximum absolute atomic E-state index is 12.6. The largest absolute Gasteiger partial charge is 0.481 e. The highest BCUT2D eigenvalue weighted by molar-refractivity contribution is 5.90. The Labute approximate surface area is 145 Å². The summed E-state index contributed by atoms with van der Waals surface area (Å²) in [6.45, 7) is 15.1. The Morgan fingerprint density at radius 1 is 0.958 bits per heavy atom. The highest BCUT2D eigenvalue weighted by Crippen LogP contribution is 2.22. The number of carboxylic acid groups (broad SMARTS) is 1. The fraction of sp³-hybridized carbons (Fsp3) is 0.833. The second-order valence-electron chi connectivity index (χ2n) is 8.97. The molecule has 0 aromatic carbocycles. The van der Waals surface area contributed by atoms with Crippen molar-refractivity contribution in [2.24, 2.45) is 17.3 Å². The lowest BCUT2D eigenvalue weighted by Crippen LogP contribution is -2.58. The van der Waals surface area contributed by atoms with Gasteiger partial charge in [-0.3, -0.25) is 14.4 Å². The monoisotopic (exact) mass is 342 g/mol. The van der Waals surface area contributed by atoms with Crippen LogP contribution in [0, 0.1) is 17.3 Å². The molecular formula is C18H34N2O4. The maximum Gasteiger partial charge on any atom is 0.304 e. The minimum absolute atomic E-state index is 0.191. The quantitative estimate of drug-likeness (QED) is 0.662. The summed E-state index contributed by atoms with van der Waals surface area (Å²) >= 11 is 0. The molecule has 2 atom stereocenters. The molecule has 0 fully saturated rings. The van der Waals surface area contributed by atoms with Gasteiger partial charge in [-0.25, -0.2) is 0 Å². The summed E-state index contributed by atoms with van der Waals surface area (Å²) in [4.78, 5) is 36.2. The van der Waals surface area contributed by atoms with Crippen molar-refractivity contribution in [2.45, 2.75) is 79.8 Å². The van der Waals surface area contributed by atoms with Gasteiger partial charge in [-0.1, -0.05) is 34.6 Å². The molecule has 0 bridgehead atoms. The molecule has 0 aliphatic carbocycles. The van der Waals surface area contributed by atoms with Crippen LogP contribution < -0.4 is 10.6 Å². The summed E-state index contributed by atoms with van der Waals surface area (Å²) in [5, 5.41) is 14.7. The predicted octanol–water partition coefficient (Wildman–Crippen LogP) is 2.57. The number of carboxylic acids is 1. The average Bonchev–Trinajstić information content (AvgIpc) is 2.29. The molecule has 0 aromatic heterocycles. The number of rotatable bonds is 7. The summed E-state index contributed by atoms with van der Waals surface area (Å²) in [6, 6.07) is -0.729. The van der Waals surface area contributed by atoms with Gasteiger partial charge in [0.2, 0.25) is 11.8 Å². The van der Waals surface area contributed by atoms with Crippen LogP contribution in [0.25, 0.3) is 0 Å². The van der Waals surface area contributed by atoms with E-state index in [0.29, 0.717) is 6.42 Å². The van der Waals surface area contributed by atoms with Crippen LogP contribution in [-0.2, 0) is 14.4 Å². The Morgan fingerprint density at radius 3 is 1.79 bits per heavy atom. The first-order valence-electron chi connectivity index (χ1n) is 8.47. The minimum Gasteiger partial charge on any atom is -0.481 e. The van der Waals surface area contributed by atoms with E-state index in [4.69, 9.17) is 5.11 Å². The number of carbonyl (C=O) groups excluding carboxylic acids is 2. The first-order valence-corrected chi connectivity index (χ1v) is 8.47. The zero-order valence-electron chi connectivity index (χ0n) is 16.3. The lowest BCUT2D eigenvalue weighted by atomic mass is 9.84. The molecule has 0 aliphatic heterocycles. The SMILES string of the molecule is CC(C)C[C@H](CC(=O)O)C(=O)NC(C(=O)NC(C)(C)C)C(C)(C)C. The van der Waals surface area contributed by atoms with E-state index in [9.17, 15) is 14.4 Å². The van der Waals surface area contributed by atoms with Crippen molar-refractivity contribution < 1.29 is 19.5 Å². The molecule has 6 nitrogen and oxygen atoms in total. The summed E-state index contributed by atoms with van der Waals surface area (Å²) in [7, 11) is 0. The molecule has 1 unspecified atom stereocenters. The van der Waals surface area contributed by atoms with Gasteiger partial charge in [0.15, 0.2) is 0 Å². The third-order valence-corrected chi connectivity index (χ3v) is 3.46. The van der Waals surface area contributed by atoms with E-state index in [1.807, 2.05) is 55.4 Å². The van der Waals surface area contributed by atoms with E-state index in [1.54, 1.807) is 0 Å². The van der Waals surface area contributed by atoms with Gasteiger partial charge in [0.1, 0.15) is 6.04 Å². The van der Waals surface area contributed by atoms with Crippen LogP contribution in [-0.4, -0.2) is 34.5 Å². The van der Waals surface area contributed by atoms with Crippen molar-refractivity contribution in [1.29, 1.82) is 0 Å². The minimum atomic E-state index is -1.01. The molecule has 0 heterocycles. The van der Waals surface area contributed by atoms with Gasteiger partial charge in [-0.2, -0.15) is 0 Å². The zero-order valence-corrected chi connectivity index (χ0v) is 16.3. The molecule has 0 saturated heterocycles. The molecule has 0 saturated carbocycles. The fourth-order valence-corrected chi connectivity index (χ4v) is 2.44. The topological polar surface area (TPSA) is 95.5 Å². The van der Waals surface area contributed by atoms with Gasteiger partial charge in [0.25, 0.3) is 0 Å². The average molecular weight is 342 g/mol. The summed E-state index contributed by atoms with van der Waals surface area (Å²) < 4.78 is 0. The van der Waals surface area contributed by atoms with Gasteiger partial charge >= 0.3 is 5.97 Å². The molecule has 0 rings (SSSR count). The third-order valence-electron chi connectivity index (χ3n) is 3.46. The second-order valence-corrected chi connectivity index (χ2v) is 8.97. The number of amides is 2. The van der Waals surface area contributed by atoms with Crippen molar-refractivity contribution in [3.8, 4) is 0 Å². The van der Waals surface area contributed by atoms with Crippen molar-refractivity contribution >= 4 is 17.8 Å². The fourth-order valence-electron chi connectivity index (χ4n) is 2.44.